The van der Waals surface area contributed by atoms with Crippen LogP contribution in [0.5, 0.6) is 0 Å². The molecule has 1 aromatic carbocycles. The molecular weight excluding hydrogens is 364 g/mol. The van der Waals surface area contributed by atoms with Crippen LogP contribution in [0.2, 0.25) is 0 Å². The molecule has 1 heterocycles. The number of nitrogens with one attached hydrogen (secondary N) is 2. The fraction of sp³-hybridized carbons (Fsp3) is 0.312. The number of carbonyl (C=O) groups excluding carboxylic acids is 1. The molecule has 0 aliphatic heterocycles. The van der Waals surface area contributed by atoms with Crippen LogP contribution in [0.25, 0.3) is 0 Å². The lowest BCUT2D eigenvalue weighted by molar-refractivity contribution is 0.0692. The van der Waals surface area contributed by atoms with Gasteiger partial charge in [0.1, 0.15) is 4.21 Å². The van der Waals surface area contributed by atoms with E-state index < -0.39 is 10.0 Å². The van der Waals surface area contributed by atoms with Gasteiger partial charge in [0.25, 0.3) is 15.9 Å². The van der Waals surface area contributed by atoms with Gasteiger partial charge in [-0.15, -0.1) is 11.3 Å². The van der Waals surface area contributed by atoms with Gasteiger partial charge in [-0.05, 0) is 29.6 Å². The molecule has 0 unspecified atom stereocenters. The van der Waals surface area contributed by atoms with E-state index in [4.69, 9.17) is 9.47 Å². The molecule has 0 saturated heterocycles. The van der Waals surface area contributed by atoms with E-state index in [0.29, 0.717) is 37.6 Å². The number of sulfonamides is 1. The summed E-state index contributed by atoms with van der Waals surface area (Å²) in [7, 11) is -2.05. The van der Waals surface area contributed by atoms with Crippen molar-refractivity contribution in [2.24, 2.45) is 0 Å². The van der Waals surface area contributed by atoms with E-state index in [1.54, 1.807) is 36.8 Å². The second-order valence-electron chi connectivity index (χ2n) is 4.98. The minimum atomic E-state index is -3.64. The smallest absolute Gasteiger partial charge is 0.271 e. The summed E-state index contributed by atoms with van der Waals surface area (Å²) in [4.78, 5) is 12.1. The molecular formula is C16H20N2O5S2. The Morgan fingerprint density at radius 2 is 2.00 bits per heavy atom. The normalized spacial score (nSPS) is 11.2. The Bertz CT molecular complexity index is 776. The van der Waals surface area contributed by atoms with Crippen molar-refractivity contribution in [3.05, 3.63) is 47.3 Å². The average Bonchev–Trinajstić information content (AvgIpc) is 3.13. The Hall–Kier alpha value is -1.94. The van der Waals surface area contributed by atoms with Crippen LogP contribution in [-0.4, -0.2) is 47.8 Å². The highest BCUT2D eigenvalue weighted by Crippen LogP contribution is 2.20. The first-order chi connectivity index (χ1) is 12.0. The van der Waals surface area contributed by atoms with Gasteiger partial charge in [0.15, 0.2) is 0 Å². The van der Waals surface area contributed by atoms with E-state index in [1.165, 1.54) is 12.1 Å². The predicted octanol–water partition coefficient (Wildman–Crippen LogP) is 1.94. The molecule has 0 radical (unpaired) electrons. The minimum absolute atomic E-state index is 0.218. The number of rotatable bonds is 10. The molecule has 0 spiro atoms. The minimum Gasteiger partial charge on any atom is -0.382 e. The number of amides is 1. The van der Waals surface area contributed by atoms with Gasteiger partial charge in [0.2, 0.25) is 0 Å². The number of ether oxygens (including phenoxy) is 2. The van der Waals surface area contributed by atoms with Crippen molar-refractivity contribution in [2.75, 3.05) is 38.2 Å². The number of methoxy groups -OCH3 is 1. The van der Waals surface area contributed by atoms with Crippen LogP contribution in [0.4, 0.5) is 5.69 Å². The summed E-state index contributed by atoms with van der Waals surface area (Å²) < 4.78 is 37.2. The van der Waals surface area contributed by atoms with E-state index in [2.05, 4.69) is 10.0 Å². The van der Waals surface area contributed by atoms with Crippen LogP contribution in [0, 0.1) is 0 Å². The molecule has 25 heavy (non-hydrogen) atoms. The van der Waals surface area contributed by atoms with Gasteiger partial charge < -0.3 is 14.8 Å². The van der Waals surface area contributed by atoms with Crippen LogP contribution in [0.15, 0.2) is 46.0 Å². The first kappa shape index (κ1) is 19.4. The second kappa shape index (κ2) is 9.52. The maximum absolute atomic E-state index is 12.2. The summed E-state index contributed by atoms with van der Waals surface area (Å²) in [6.45, 7) is 1.69. The van der Waals surface area contributed by atoms with Crippen molar-refractivity contribution in [1.82, 2.24) is 5.32 Å². The summed E-state index contributed by atoms with van der Waals surface area (Å²) in [6.07, 6.45) is 0. The molecule has 136 valence electrons. The fourth-order valence-electron chi connectivity index (χ4n) is 1.93. The Balaban J connectivity index is 1.91. The predicted molar refractivity (Wildman–Crippen MR) is 96.6 cm³/mol. The fourth-order valence-corrected chi connectivity index (χ4v) is 3.97. The lowest BCUT2D eigenvalue weighted by Gasteiger charge is -2.09. The number of benzene rings is 1. The zero-order valence-corrected chi connectivity index (χ0v) is 15.4. The van der Waals surface area contributed by atoms with E-state index >= 15 is 0 Å². The topological polar surface area (TPSA) is 93.7 Å². The van der Waals surface area contributed by atoms with Crippen LogP contribution < -0.4 is 10.0 Å². The molecule has 2 N–H and O–H groups in total. The largest absolute Gasteiger partial charge is 0.382 e. The highest BCUT2D eigenvalue weighted by molar-refractivity contribution is 7.94. The molecule has 0 aliphatic carbocycles. The van der Waals surface area contributed by atoms with Gasteiger partial charge in [-0.2, -0.15) is 0 Å². The van der Waals surface area contributed by atoms with Crippen molar-refractivity contribution >= 4 is 33.0 Å². The molecule has 0 bridgehead atoms. The van der Waals surface area contributed by atoms with Gasteiger partial charge in [0, 0.05) is 24.9 Å². The number of thiophene rings is 1. The van der Waals surface area contributed by atoms with Crippen LogP contribution in [0.3, 0.4) is 0 Å². The molecule has 0 aliphatic rings. The Morgan fingerprint density at radius 3 is 2.72 bits per heavy atom. The molecule has 0 saturated carbocycles. The van der Waals surface area contributed by atoms with Crippen molar-refractivity contribution in [3.63, 3.8) is 0 Å². The van der Waals surface area contributed by atoms with Gasteiger partial charge in [-0.25, -0.2) is 8.42 Å². The van der Waals surface area contributed by atoms with Gasteiger partial charge >= 0.3 is 0 Å². The number of hydrogen-bond acceptors (Lipinski definition) is 6. The van der Waals surface area contributed by atoms with Crippen LogP contribution >= 0.6 is 11.3 Å². The molecule has 9 heteroatoms. The van der Waals surface area contributed by atoms with Crippen molar-refractivity contribution in [1.29, 1.82) is 0 Å². The Morgan fingerprint density at radius 1 is 1.16 bits per heavy atom. The zero-order chi connectivity index (χ0) is 18.1. The number of carbonyl (C=O) groups is 1. The summed E-state index contributed by atoms with van der Waals surface area (Å²) in [6, 6.07) is 9.51. The molecule has 0 atom stereocenters. The van der Waals surface area contributed by atoms with Crippen LogP contribution in [0.1, 0.15) is 10.4 Å². The number of anilines is 1. The Labute approximate surface area is 151 Å². The van der Waals surface area contributed by atoms with Crippen molar-refractivity contribution in [2.45, 2.75) is 4.21 Å². The molecule has 2 rings (SSSR count). The third kappa shape index (κ3) is 6.13. The highest BCUT2D eigenvalue weighted by atomic mass is 32.2. The third-order valence-electron chi connectivity index (χ3n) is 3.10. The van der Waals surface area contributed by atoms with E-state index in [0.717, 1.165) is 11.3 Å². The third-order valence-corrected chi connectivity index (χ3v) is 5.88. The van der Waals surface area contributed by atoms with Gasteiger partial charge in [-0.3, -0.25) is 9.52 Å². The zero-order valence-electron chi connectivity index (χ0n) is 13.7. The van der Waals surface area contributed by atoms with Gasteiger partial charge in [-0.1, -0.05) is 12.1 Å². The summed E-state index contributed by atoms with van der Waals surface area (Å²) in [5, 5.41) is 4.40. The molecule has 1 aromatic heterocycles. The summed E-state index contributed by atoms with van der Waals surface area (Å²) in [5.74, 6) is -0.299. The van der Waals surface area contributed by atoms with E-state index in [9.17, 15) is 13.2 Å². The number of hydrogen-bond donors (Lipinski definition) is 2. The second-order valence-corrected chi connectivity index (χ2v) is 7.84. The highest BCUT2D eigenvalue weighted by Gasteiger charge is 2.15. The Kier molecular flexibility index (Phi) is 7.38. The summed E-state index contributed by atoms with van der Waals surface area (Å²) >= 11 is 1.13. The first-order valence-corrected chi connectivity index (χ1v) is 9.90. The van der Waals surface area contributed by atoms with Crippen molar-refractivity contribution < 1.29 is 22.7 Å². The lowest BCUT2D eigenvalue weighted by Crippen LogP contribution is -2.27. The molecule has 0 fully saturated rings. The van der Waals surface area contributed by atoms with E-state index in [1.807, 2.05) is 0 Å². The SMILES string of the molecule is COCCOCCNC(=O)c1cccc(NS(=O)(=O)c2cccs2)c1. The standard InChI is InChI=1S/C16H20N2O5S2/c1-22-9-10-23-8-7-17-16(19)13-4-2-5-14(12-13)18-25(20,21)15-6-3-11-24-15/h2-6,11-12,18H,7-10H2,1H3,(H,17,19). The first-order valence-electron chi connectivity index (χ1n) is 7.54. The molecule has 7 nitrogen and oxygen atoms in total. The van der Waals surface area contributed by atoms with Crippen molar-refractivity contribution in [3.8, 4) is 0 Å². The van der Waals surface area contributed by atoms with E-state index in [-0.39, 0.29) is 10.1 Å². The maximum Gasteiger partial charge on any atom is 0.271 e. The quantitative estimate of drug-likeness (QED) is 0.611. The lowest BCUT2D eigenvalue weighted by atomic mass is 10.2. The van der Waals surface area contributed by atoms with Gasteiger partial charge in [0.05, 0.1) is 19.8 Å². The van der Waals surface area contributed by atoms with Crippen LogP contribution in [-0.2, 0) is 19.5 Å². The average molecular weight is 384 g/mol. The maximum atomic E-state index is 12.2. The summed E-state index contributed by atoms with van der Waals surface area (Å²) in [5.41, 5.74) is 0.695. The molecule has 2 aromatic rings. The molecule has 1 amide bonds. The monoisotopic (exact) mass is 384 g/mol.